The molecule has 2 fully saturated rings. The SMILES string of the molecule is O=C(CC1CC1)N1CCOCC1c1nccc(NCc2ccco2)n1.O=C(O)C(F)(F)F. The van der Waals surface area contributed by atoms with E-state index in [1.54, 1.807) is 12.5 Å². The molecular weight excluding hydrogens is 433 g/mol. The second kappa shape index (κ2) is 10.4. The van der Waals surface area contributed by atoms with Gasteiger partial charge in [0.2, 0.25) is 5.91 Å². The molecule has 2 N–H and O–H groups in total. The zero-order chi connectivity index (χ0) is 23.1. The topological polar surface area (TPSA) is 118 Å². The smallest absolute Gasteiger partial charge is 0.475 e. The maximum Gasteiger partial charge on any atom is 0.490 e. The van der Waals surface area contributed by atoms with Gasteiger partial charge >= 0.3 is 12.1 Å². The average molecular weight is 456 g/mol. The van der Waals surface area contributed by atoms with Crippen LogP contribution in [0.15, 0.2) is 35.1 Å². The second-order valence-corrected chi connectivity index (χ2v) is 7.36. The van der Waals surface area contributed by atoms with Crippen LogP contribution in [-0.4, -0.2) is 57.8 Å². The third kappa shape index (κ3) is 6.94. The molecule has 1 unspecified atom stereocenters. The molecule has 12 heteroatoms. The van der Waals surface area contributed by atoms with Crippen molar-refractivity contribution in [3.05, 3.63) is 42.2 Å². The van der Waals surface area contributed by atoms with E-state index >= 15 is 0 Å². The fourth-order valence-electron chi connectivity index (χ4n) is 3.03. The van der Waals surface area contributed by atoms with Crippen molar-refractivity contribution in [3.8, 4) is 0 Å². The highest BCUT2D eigenvalue weighted by Gasteiger charge is 2.38. The number of furan rings is 1. The normalized spacial score (nSPS) is 18.5. The Labute approximate surface area is 181 Å². The molecule has 9 nitrogen and oxygen atoms in total. The van der Waals surface area contributed by atoms with Gasteiger partial charge in [0.05, 0.1) is 26.0 Å². The van der Waals surface area contributed by atoms with Gasteiger partial charge in [0.1, 0.15) is 17.6 Å². The molecule has 2 aromatic heterocycles. The highest BCUT2D eigenvalue weighted by atomic mass is 19.4. The van der Waals surface area contributed by atoms with Gasteiger partial charge < -0.3 is 24.5 Å². The molecule has 2 aliphatic rings. The maximum atomic E-state index is 12.6. The van der Waals surface area contributed by atoms with Crippen LogP contribution in [-0.2, 0) is 20.9 Å². The summed E-state index contributed by atoms with van der Waals surface area (Å²) in [5.41, 5.74) is 0. The first-order valence-electron chi connectivity index (χ1n) is 10.0. The Kier molecular flexibility index (Phi) is 7.67. The number of carbonyl (C=O) groups excluding carboxylic acids is 1. The molecule has 32 heavy (non-hydrogen) atoms. The van der Waals surface area contributed by atoms with Crippen LogP contribution in [0.1, 0.15) is 36.9 Å². The number of carboxylic acid groups (broad SMARTS) is 1. The Hall–Kier alpha value is -3.15. The number of carboxylic acids is 1. The zero-order valence-corrected chi connectivity index (χ0v) is 17.0. The van der Waals surface area contributed by atoms with Gasteiger partial charge in [0.15, 0.2) is 5.82 Å². The number of aliphatic carboxylic acids is 1. The monoisotopic (exact) mass is 456 g/mol. The number of ether oxygens (including phenoxy) is 1. The summed E-state index contributed by atoms with van der Waals surface area (Å²) in [5, 5.41) is 10.3. The third-order valence-electron chi connectivity index (χ3n) is 4.85. The number of morpholine rings is 1. The first kappa shape index (κ1) is 23.5. The predicted octanol–water partition coefficient (Wildman–Crippen LogP) is 3.02. The van der Waals surface area contributed by atoms with Gasteiger partial charge in [-0.15, -0.1) is 0 Å². The van der Waals surface area contributed by atoms with Crippen LogP contribution in [0.3, 0.4) is 0 Å². The number of hydrogen-bond donors (Lipinski definition) is 2. The fourth-order valence-corrected chi connectivity index (χ4v) is 3.03. The van der Waals surface area contributed by atoms with Gasteiger partial charge in [0, 0.05) is 19.2 Å². The van der Waals surface area contributed by atoms with E-state index in [-0.39, 0.29) is 11.9 Å². The van der Waals surface area contributed by atoms with Crippen molar-refractivity contribution in [2.75, 3.05) is 25.1 Å². The second-order valence-electron chi connectivity index (χ2n) is 7.36. The summed E-state index contributed by atoms with van der Waals surface area (Å²) in [6.07, 6.45) is 1.25. The average Bonchev–Trinajstić information content (AvgIpc) is 3.42. The molecule has 1 atom stereocenters. The Morgan fingerprint density at radius 3 is 2.66 bits per heavy atom. The summed E-state index contributed by atoms with van der Waals surface area (Å²) in [7, 11) is 0. The highest BCUT2D eigenvalue weighted by Crippen LogP contribution is 2.34. The minimum Gasteiger partial charge on any atom is -0.475 e. The van der Waals surface area contributed by atoms with Crippen molar-refractivity contribution in [3.63, 3.8) is 0 Å². The standard InChI is InChI=1S/C18H22N4O3.C2HF3O2/c23-17(10-13-3-4-13)22-7-9-24-12-15(22)18-19-6-5-16(21-18)20-11-14-2-1-8-25-14;3-2(4,5)1(6)7/h1-2,5-6,8,13,15H,3-4,7,9-12H2,(H,19,20,21);(H,6,7). The van der Waals surface area contributed by atoms with Crippen molar-refractivity contribution in [1.82, 2.24) is 14.9 Å². The Balaban J connectivity index is 0.000000360. The van der Waals surface area contributed by atoms with Crippen LogP contribution in [0, 0.1) is 5.92 Å². The lowest BCUT2D eigenvalue weighted by atomic mass is 10.1. The van der Waals surface area contributed by atoms with Gasteiger partial charge in [0.25, 0.3) is 0 Å². The van der Waals surface area contributed by atoms with E-state index in [0.29, 0.717) is 50.3 Å². The molecule has 0 radical (unpaired) electrons. The van der Waals surface area contributed by atoms with Crippen molar-refractivity contribution in [2.45, 2.75) is 38.0 Å². The van der Waals surface area contributed by atoms with Crippen molar-refractivity contribution in [1.29, 1.82) is 0 Å². The molecule has 174 valence electrons. The molecule has 1 saturated heterocycles. The first-order valence-corrected chi connectivity index (χ1v) is 10.0. The van der Waals surface area contributed by atoms with Gasteiger partial charge in [-0.1, -0.05) is 0 Å². The highest BCUT2D eigenvalue weighted by molar-refractivity contribution is 5.77. The van der Waals surface area contributed by atoms with E-state index in [1.165, 1.54) is 12.8 Å². The summed E-state index contributed by atoms with van der Waals surface area (Å²) >= 11 is 0. The minimum atomic E-state index is -5.08. The van der Waals surface area contributed by atoms with E-state index in [2.05, 4.69) is 15.3 Å². The van der Waals surface area contributed by atoms with Gasteiger partial charge in [-0.2, -0.15) is 13.2 Å². The molecule has 0 bridgehead atoms. The molecule has 4 rings (SSSR count). The summed E-state index contributed by atoms with van der Waals surface area (Å²) in [4.78, 5) is 32.3. The summed E-state index contributed by atoms with van der Waals surface area (Å²) in [6.45, 7) is 2.17. The number of rotatable bonds is 6. The van der Waals surface area contributed by atoms with Crippen LogP contribution in [0.25, 0.3) is 0 Å². The summed E-state index contributed by atoms with van der Waals surface area (Å²) in [5.74, 6) is 0.163. The molecule has 1 amide bonds. The number of aromatic nitrogens is 2. The maximum absolute atomic E-state index is 12.6. The summed E-state index contributed by atoms with van der Waals surface area (Å²) in [6, 6.07) is 5.35. The largest absolute Gasteiger partial charge is 0.490 e. The van der Waals surface area contributed by atoms with Gasteiger partial charge in [-0.25, -0.2) is 14.8 Å². The first-order chi connectivity index (χ1) is 15.2. The van der Waals surface area contributed by atoms with Crippen LogP contribution in [0.5, 0.6) is 0 Å². The molecule has 3 heterocycles. The molecule has 0 spiro atoms. The molecular formula is C20H23F3N4O5. The Morgan fingerprint density at radius 2 is 2.03 bits per heavy atom. The lowest BCUT2D eigenvalue weighted by molar-refractivity contribution is -0.192. The predicted molar refractivity (Wildman–Crippen MR) is 104 cm³/mol. The van der Waals surface area contributed by atoms with E-state index in [0.717, 1.165) is 5.76 Å². The van der Waals surface area contributed by atoms with Gasteiger partial charge in [-0.3, -0.25) is 4.79 Å². The fraction of sp³-hybridized carbons (Fsp3) is 0.500. The minimum absolute atomic E-state index is 0.188. The van der Waals surface area contributed by atoms with Crippen molar-refractivity contribution < 1.29 is 37.0 Å². The lowest BCUT2D eigenvalue weighted by Gasteiger charge is -2.34. The summed E-state index contributed by atoms with van der Waals surface area (Å²) < 4.78 is 42.6. The molecule has 2 aromatic rings. The third-order valence-corrected chi connectivity index (χ3v) is 4.85. The van der Waals surface area contributed by atoms with E-state index in [9.17, 15) is 18.0 Å². The Bertz CT molecular complexity index is 903. The van der Waals surface area contributed by atoms with Crippen molar-refractivity contribution >= 4 is 17.7 Å². The molecule has 0 aromatic carbocycles. The number of nitrogens with zero attached hydrogens (tertiary/aromatic N) is 3. The quantitative estimate of drug-likeness (QED) is 0.681. The van der Waals surface area contributed by atoms with Crippen LogP contribution < -0.4 is 5.32 Å². The number of alkyl halides is 3. The van der Waals surface area contributed by atoms with E-state index < -0.39 is 12.1 Å². The van der Waals surface area contributed by atoms with Gasteiger partial charge in [-0.05, 0) is 37.0 Å². The van der Waals surface area contributed by atoms with E-state index in [1.807, 2.05) is 23.1 Å². The number of anilines is 1. The number of halogens is 3. The molecule has 1 saturated carbocycles. The number of carbonyl (C=O) groups is 2. The molecule has 1 aliphatic heterocycles. The lowest BCUT2D eigenvalue weighted by Crippen LogP contribution is -2.44. The van der Waals surface area contributed by atoms with Crippen LogP contribution in [0.4, 0.5) is 19.0 Å². The zero-order valence-electron chi connectivity index (χ0n) is 17.0. The molecule has 1 aliphatic carbocycles. The van der Waals surface area contributed by atoms with Crippen molar-refractivity contribution in [2.24, 2.45) is 5.92 Å². The number of nitrogens with one attached hydrogen (secondary N) is 1. The van der Waals surface area contributed by atoms with Crippen LogP contribution >= 0.6 is 0 Å². The van der Waals surface area contributed by atoms with Crippen LogP contribution in [0.2, 0.25) is 0 Å². The van der Waals surface area contributed by atoms with E-state index in [4.69, 9.17) is 19.1 Å². The number of hydrogen-bond acceptors (Lipinski definition) is 7. The Morgan fingerprint density at radius 1 is 1.28 bits per heavy atom. The number of amides is 1.